The van der Waals surface area contributed by atoms with E-state index in [0.29, 0.717) is 17.1 Å². The Hall–Kier alpha value is -4.92. The number of fused-ring (bicyclic) bond motifs is 3. The summed E-state index contributed by atoms with van der Waals surface area (Å²) in [6, 6.07) is 23.6. The number of aliphatic carboxylic acids is 1. The summed E-state index contributed by atoms with van der Waals surface area (Å²) in [4.78, 5) is 34.9. The number of rotatable bonds is 8. The first kappa shape index (κ1) is 23.8. The highest BCUT2D eigenvalue weighted by atomic mass is 16.6. The summed E-state index contributed by atoms with van der Waals surface area (Å²) in [5.74, 6) is -0.748. The van der Waals surface area contributed by atoms with Gasteiger partial charge in [0.05, 0.1) is 4.92 Å². The van der Waals surface area contributed by atoms with Gasteiger partial charge in [-0.25, -0.2) is 9.59 Å². The van der Waals surface area contributed by atoms with Gasteiger partial charge in [-0.15, -0.1) is 0 Å². The molecule has 0 radical (unpaired) electrons. The van der Waals surface area contributed by atoms with Crippen LogP contribution in [0.3, 0.4) is 0 Å². The van der Waals surface area contributed by atoms with E-state index in [1.807, 2.05) is 48.5 Å². The summed E-state index contributed by atoms with van der Waals surface area (Å²) in [7, 11) is 0. The number of amides is 1. The topological polar surface area (TPSA) is 132 Å². The van der Waals surface area contributed by atoms with E-state index in [-0.39, 0.29) is 24.6 Å². The highest BCUT2D eigenvalue weighted by Gasteiger charge is 2.30. The van der Waals surface area contributed by atoms with E-state index in [1.54, 1.807) is 18.2 Å². The zero-order valence-corrected chi connectivity index (χ0v) is 19.5. The van der Waals surface area contributed by atoms with Gasteiger partial charge in [0.2, 0.25) is 0 Å². The number of carboxylic acids is 1. The molecule has 1 aliphatic carbocycles. The number of hydrogen-bond acceptors (Lipinski definition) is 6. The van der Waals surface area contributed by atoms with Crippen LogP contribution in [-0.4, -0.2) is 34.7 Å². The molecule has 1 aromatic heterocycles. The summed E-state index contributed by atoms with van der Waals surface area (Å²) in [6.07, 6.45) is -0.978. The number of carbonyl (C=O) groups excluding carboxylic acids is 1. The number of nitrogens with one attached hydrogen (secondary N) is 1. The van der Waals surface area contributed by atoms with E-state index in [0.717, 1.165) is 22.3 Å². The van der Waals surface area contributed by atoms with Gasteiger partial charge in [-0.1, -0.05) is 60.7 Å². The van der Waals surface area contributed by atoms with Gasteiger partial charge in [-0.3, -0.25) is 10.1 Å². The van der Waals surface area contributed by atoms with Gasteiger partial charge >= 0.3 is 12.1 Å². The minimum Gasteiger partial charge on any atom is -0.480 e. The van der Waals surface area contributed by atoms with E-state index in [9.17, 15) is 24.8 Å². The van der Waals surface area contributed by atoms with Crippen molar-refractivity contribution in [1.29, 1.82) is 0 Å². The van der Waals surface area contributed by atoms with Crippen LogP contribution in [-0.2, 0) is 16.0 Å². The average molecular weight is 498 g/mol. The fourth-order valence-corrected chi connectivity index (χ4v) is 4.60. The standard InChI is InChI=1S/C28H22N2O7/c31-27(32)25(15-19-12-13-26(37-19)17-6-5-7-18(14-17)30(34)35)29-28(33)36-16-24-22-10-3-1-8-20(22)21-9-2-4-11-23(21)24/h1-14,24-25H,15-16H2,(H,29,33)(H,31,32). The van der Waals surface area contributed by atoms with Crippen LogP contribution in [0.15, 0.2) is 89.3 Å². The van der Waals surface area contributed by atoms with E-state index >= 15 is 0 Å². The van der Waals surface area contributed by atoms with Crippen molar-refractivity contribution in [2.75, 3.05) is 6.61 Å². The highest BCUT2D eigenvalue weighted by molar-refractivity contribution is 5.81. The van der Waals surface area contributed by atoms with Gasteiger partial charge in [0.1, 0.15) is 24.2 Å². The molecule has 1 unspecified atom stereocenters. The maximum absolute atomic E-state index is 12.6. The van der Waals surface area contributed by atoms with Gasteiger partial charge in [-0.05, 0) is 34.4 Å². The lowest BCUT2D eigenvalue weighted by atomic mass is 9.98. The first-order valence-electron chi connectivity index (χ1n) is 11.6. The fraction of sp³-hybridized carbons (Fsp3) is 0.143. The third kappa shape index (κ3) is 4.92. The molecular weight excluding hydrogens is 476 g/mol. The van der Waals surface area contributed by atoms with Crippen LogP contribution in [0.25, 0.3) is 22.5 Å². The number of carbonyl (C=O) groups is 2. The molecule has 0 saturated carbocycles. The molecule has 37 heavy (non-hydrogen) atoms. The van der Waals surface area contributed by atoms with Gasteiger partial charge < -0.3 is 19.6 Å². The van der Waals surface area contributed by atoms with E-state index in [4.69, 9.17) is 9.15 Å². The second kappa shape index (κ2) is 9.98. The molecule has 2 N–H and O–H groups in total. The second-order valence-electron chi connectivity index (χ2n) is 8.64. The van der Waals surface area contributed by atoms with Gasteiger partial charge in [-0.2, -0.15) is 0 Å². The lowest BCUT2D eigenvalue weighted by Gasteiger charge is -2.17. The van der Waals surface area contributed by atoms with Crippen LogP contribution in [0.4, 0.5) is 10.5 Å². The highest BCUT2D eigenvalue weighted by Crippen LogP contribution is 2.44. The van der Waals surface area contributed by atoms with Crippen LogP contribution in [0.5, 0.6) is 0 Å². The summed E-state index contributed by atoms with van der Waals surface area (Å²) >= 11 is 0. The van der Waals surface area contributed by atoms with Crippen molar-refractivity contribution in [3.63, 3.8) is 0 Å². The Morgan fingerprint density at radius 2 is 1.65 bits per heavy atom. The molecule has 186 valence electrons. The van der Waals surface area contributed by atoms with Crippen LogP contribution in [0.2, 0.25) is 0 Å². The maximum Gasteiger partial charge on any atom is 0.407 e. The molecule has 5 rings (SSSR count). The molecule has 1 aliphatic rings. The Morgan fingerprint density at radius 1 is 0.973 bits per heavy atom. The van der Waals surface area contributed by atoms with E-state index < -0.39 is 23.0 Å². The molecule has 0 fully saturated rings. The molecule has 0 aliphatic heterocycles. The molecule has 4 aromatic rings. The minimum atomic E-state index is -1.29. The number of carboxylic acid groups (broad SMARTS) is 1. The molecule has 9 nitrogen and oxygen atoms in total. The predicted octanol–water partition coefficient (Wildman–Crippen LogP) is 5.39. The van der Waals surface area contributed by atoms with Crippen LogP contribution < -0.4 is 5.32 Å². The van der Waals surface area contributed by atoms with E-state index in [2.05, 4.69) is 5.32 Å². The summed E-state index contributed by atoms with van der Waals surface area (Å²) in [5.41, 5.74) is 4.68. The smallest absolute Gasteiger partial charge is 0.407 e. The third-order valence-electron chi connectivity index (χ3n) is 6.34. The Kier molecular flexibility index (Phi) is 6.42. The Bertz CT molecular complexity index is 1450. The first-order valence-corrected chi connectivity index (χ1v) is 11.6. The molecule has 3 aromatic carbocycles. The zero-order valence-electron chi connectivity index (χ0n) is 19.5. The van der Waals surface area contributed by atoms with Crippen molar-refractivity contribution in [1.82, 2.24) is 5.32 Å². The summed E-state index contributed by atoms with van der Waals surface area (Å²) in [5, 5.41) is 23.1. The normalized spacial score (nSPS) is 12.9. The fourth-order valence-electron chi connectivity index (χ4n) is 4.60. The van der Waals surface area contributed by atoms with Crippen molar-refractivity contribution in [3.8, 4) is 22.5 Å². The first-order chi connectivity index (χ1) is 17.9. The molecule has 0 bridgehead atoms. The summed E-state index contributed by atoms with van der Waals surface area (Å²) in [6.45, 7) is 0.0594. The molecule has 9 heteroatoms. The molecule has 0 saturated heterocycles. The summed E-state index contributed by atoms with van der Waals surface area (Å²) < 4.78 is 11.2. The van der Waals surface area contributed by atoms with Crippen molar-refractivity contribution < 1.29 is 28.8 Å². The van der Waals surface area contributed by atoms with Crippen LogP contribution in [0.1, 0.15) is 22.8 Å². The number of furan rings is 1. The monoisotopic (exact) mass is 498 g/mol. The SMILES string of the molecule is O=C(NC(Cc1ccc(-c2cccc([N+](=O)[O-])c2)o1)C(=O)O)OCC1c2ccccc2-c2ccccc21. The molecule has 1 amide bonds. The Labute approximate surface area is 211 Å². The number of alkyl carbamates (subject to hydrolysis) is 1. The van der Waals surface area contributed by atoms with Crippen molar-refractivity contribution in [3.05, 3.63) is 112 Å². The van der Waals surface area contributed by atoms with Gasteiger partial charge in [0.15, 0.2) is 0 Å². The van der Waals surface area contributed by atoms with Crippen LogP contribution in [0, 0.1) is 10.1 Å². The average Bonchev–Trinajstić information content (AvgIpc) is 3.50. The van der Waals surface area contributed by atoms with Gasteiger partial charge in [0.25, 0.3) is 5.69 Å². The van der Waals surface area contributed by atoms with Crippen molar-refractivity contribution >= 4 is 17.7 Å². The molecule has 0 spiro atoms. The Morgan fingerprint density at radius 3 is 2.30 bits per heavy atom. The minimum absolute atomic E-state index is 0.0594. The zero-order chi connectivity index (χ0) is 25.9. The van der Waals surface area contributed by atoms with E-state index in [1.165, 1.54) is 18.2 Å². The van der Waals surface area contributed by atoms with Crippen LogP contribution >= 0.6 is 0 Å². The number of benzene rings is 3. The predicted molar refractivity (Wildman–Crippen MR) is 134 cm³/mol. The molecular formula is C28H22N2O7. The number of nitrogens with zero attached hydrogens (tertiary/aromatic N) is 1. The van der Waals surface area contributed by atoms with Gasteiger partial charge in [0, 0.05) is 30.0 Å². The number of hydrogen-bond donors (Lipinski definition) is 2. The number of ether oxygens (including phenoxy) is 1. The third-order valence-corrected chi connectivity index (χ3v) is 6.34. The largest absolute Gasteiger partial charge is 0.480 e. The molecule has 1 heterocycles. The number of non-ortho nitro benzene ring substituents is 1. The molecule has 1 atom stereocenters. The van der Waals surface area contributed by atoms with Crippen molar-refractivity contribution in [2.24, 2.45) is 0 Å². The lowest BCUT2D eigenvalue weighted by Crippen LogP contribution is -2.42. The quantitative estimate of drug-likeness (QED) is 0.246. The Balaban J connectivity index is 1.24. The second-order valence-corrected chi connectivity index (χ2v) is 8.64. The maximum atomic E-state index is 12.6. The number of nitro groups is 1. The van der Waals surface area contributed by atoms with Crippen molar-refractivity contribution in [2.45, 2.75) is 18.4 Å². The number of nitro benzene ring substituents is 1. The lowest BCUT2D eigenvalue weighted by molar-refractivity contribution is -0.384.